The number of nitrogens with zero attached hydrogens (tertiary/aromatic N) is 4. The lowest BCUT2D eigenvalue weighted by Crippen LogP contribution is -2.02. The lowest BCUT2D eigenvalue weighted by molar-refractivity contribution is -0.387. The fourth-order valence-electron chi connectivity index (χ4n) is 3.40. The van der Waals surface area contributed by atoms with Crippen molar-refractivity contribution in [1.29, 1.82) is 0 Å². The molecule has 3 heterocycles. The first-order valence-electron chi connectivity index (χ1n) is 8.98. The number of nitrogens with one attached hydrogen (secondary N) is 1. The van der Waals surface area contributed by atoms with E-state index in [2.05, 4.69) is 32.8 Å². The van der Waals surface area contributed by atoms with Crippen molar-refractivity contribution in [1.82, 2.24) is 14.5 Å². The molecule has 0 spiro atoms. The minimum atomic E-state index is -0.979. The van der Waals surface area contributed by atoms with Gasteiger partial charge in [0, 0.05) is 46.9 Å². The fraction of sp³-hybridized carbons (Fsp3) is 0.200. The third kappa shape index (κ3) is 3.24. The van der Waals surface area contributed by atoms with Gasteiger partial charge in [-0.2, -0.15) is 4.39 Å². The molecule has 0 radical (unpaired) electrons. The van der Waals surface area contributed by atoms with Gasteiger partial charge in [-0.25, -0.2) is 9.97 Å². The standard InChI is InChI=1S/C20H18FN5O3S/c1-10-7-12-18(11(2)25(3)19(12)30-10)14-5-6-22-20(23-14)24-15-9-16(26(27)28)13(21)8-17(15)29-4/h5-9H,1-4H3,(H,22,23,24). The Morgan fingerprint density at radius 2 is 2.07 bits per heavy atom. The van der Waals surface area contributed by atoms with Crippen LogP contribution in [-0.2, 0) is 7.05 Å². The van der Waals surface area contributed by atoms with Crippen molar-refractivity contribution in [2.75, 3.05) is 12.4 Å². The lowest BCUT2D eigenvalue weighted by Gasteiger charge is -2.11. The number of nitro benzene ring substituents is 1. The molecule has 0 aliphatic rings. The Kier molecular flexibility index (Phi) is 4.86. The van der Waals surface area contributed by atoms with E-state index in [4.69, 9.17) is 4.74 Å². The van der Waals surface area contributed by atoms with E-state index in [0.717, 1.165) is 33.6 Å². The van der Waals surface area contributed by atoms with Gasteiger partial charge in [-0.15, -0.1) is 11.3 Å². The average molecular weight is 427 g/mol. The highest BCUT2D eigenvalue weighted by atomic mass is 32.1. The number of methoxy groups -OCH3 is 1. The summed E-state index contributed by atoms with van der Waals surface area (Å²) >= 11 is 1.71. The van der Waals surface area contributed by atoms with Gasteiger partial charge in [-0.3, -0.25) is 10.1 Å². The van der Waals surface area contributed by atoms with Crippen LogP contribution in [0.3, 0.4) is 0 Å². The molecule has 1 aromatic carbocycles. The molecule has 0 aliphatic heterocycles. The number of hydrogen-bond donors (Lipinski definition) is 1. The fourth-order valence-corrected chi connectivity index (χ4v) is 4.42. The molecular weight excluding hydrogens is 409 g/mol. The SMILES string of the molecule is COc1cc(F)c([N+](=O)[O-])cc1Nc1nccc(-c2c(C)n(C)c3sc(C)cc23)n1. The van der Waals surface area contributed by atoms with Crippen LogP contribution < -0.4 is 10.1 Å². The van der Waals surface area contributed by atoms with Gasteiger partial charge in [0.1, 0.15) is 10.6 Å². The van der Waals surface area contributed by atoms with E-state index in [1.807, 2.05) is 20.0 Å². The second kappa shape index (κ2) is 7.38. The molecule has 0 unspecified atom stereocenters. The molecule has 0 saturated heterocycles. The minimum absolute atomic E-state index is 0.110. The van der Waals surface area contributed by atoms with Gasteiger partial charge in [-0.05, 0) is 26.0 Å². The van der Waals surface area contributed by atoms with Crippen molar-refractivity contribution >= 4 is 38.9 Å². The second-order valence-corrected chi connectivity index (χ2v) is 7.98. The first kappa shape index (κ1) is 19.8. The van der Waals surface area contributed by atoms with Crippen molar-refractivity contribution in [2.24, 2.45) is 7.05 Å². The number of halogens is 1. The van der Waals surface area contributed by atoms with Gasteiger partial charge in [-0.1, -0.05) is 0 Å². The van der Waals surface area contributed by atoms with Gasteiger partial charge >= 0.3 is 5.69 Å². The first-order valence-corrected chi connectivity index (χ1v) is 9.79. The lowest BCUT2D eigenvalue weighted by atomic mass is 10.1. The van der Waals surface area contributed by atoms with Gasteiger partial charge in [0.05, 0.1) is 23.4 Å². The Balaban J connectivity index is 1.79. The summed E-state index contributed by atoms with van der Waals surface area (Å²) in [5.41, 5.74) is 2.31. The van der Waals surface area contributed by atoms with Gasteiger partial charge < -0.3 is 14.6 Å². The Bertz CT molecular complexity index is 1300. The van der Waals surface area contributed by atoms with Crippen LogP contribution in [0.2, 0.25) is 0 Å². The van der Waals surface area contributed by atoms with Gasteiger partial charge in [0.15, 0.2) is 0 Å². The molecule has 8 nitrogen and oxygen atoms in total. The van der Waals surface area contributed by atoms with Crippen LogP contribution in [0.25, 0.3) is 21.5 Å². The van der Waals surface area contributed by atoms with Crippen LogP contribution >= 0.6 is 11.3 Å². The van der Waals surface area contributed by atoms with Crippen molar-refractivity contribution in [3.05, 3.63) is 57.0 Å². The zero-order valence-corrected chi connectivity index (χ0v) is 17.5. The third-order valence-corrected chi connectivity index (χ3v) is 6.03. The summed E-state index contributed by atoms with van der Waals surface area (Å²) < 4.78 is 21.2. The van der Waals surface area contributed by atoms with Crippen LogP contribution in [0.15, 0.2) is 30.5 Å². The maximum atomic E-state index is 13.9. The third-order valence-electron chi connectivity index (χ3n) is 4.90. The minimum Gasteiger partial charge on any atom is -0.494 e. The highest BCUT2D eigenvalue weighted by Gasteiger charge is 2.21. The molecule has 30 heavy (non-hydrogen) atoms. The molecular formula is C20H18FN5O3S. The molecule has 0 atom stereocenters. The molecule has 0 amide bonds. The summed E-state index contributed by atoms with van der Waals surface area (Å²) in [6.07, 6.45) is 1.60. The number of benzene rings is 1. The second-order valence-electron chi connectivity index (χ2n) is 6.75. The van der Waals surface area contributed by atoms with E-state index < -0.39 is 16.4 Å². The van der Waals surface area contributed by atoms with Crippen LogP contribution in [0, 0.1) is 29.8 Å². The van der Waals surface area contributed by atoms with E-state index in [1.54, 1.807) is 17.5 Å². The number of rotatable bonds is 5. The molecule has 0 aliphatic carbocycles. The number of ether oxygens (including phenoxy) is 1. The van der Waals surface area contributed by atoms with E-state index in [0.29, 0.717) is 5.69 Å². The van der Waals surface area contributed by atoms with Crippen molar-refractivity contribution in [3.63, 3.8) is 0 Å². The Labute approximate surface area is 175 Å². The maximum Gasteiger partial charge on any atom is 0.307 e. The van der Waals surface area contributed by atoms with Crippen molar-refractivity contribution in [3.8, 4) is 17.0 Å². The van der Waals surface area contributed by atoms with Crippen molar-refractivity contribution < 1.29 is 14.1 Å². The summed E-state index contributed by atoms with van der Waals surface area (Å²) in [5, 5.41) is 15.1. The van der Waals surface area contributed by atoms with E-state index >= 15 is 0 Å². The predicted molar refractivity (Wildman–Crippen MR) is 114 cm³/mol. The maximum absolute atomic E-state index is 13.9. The number of nitro groups is 1. The molecule has 4 aromatic rings. The van der Waals surface area contributed by atoms with E-state index in [-0.39, 0.29) is 17.4 Å². The summed E-state index contributed by atoms with van der Waals surface area (Å²) in [4.78, 5) is 21.5. The number of fused-ring (bicyclic) bond motifs is 1. The average Bonchev–Trinajstić information content (AvgIpc) is 3.18. The van der Waals surface area contributed by atoms with Crippen LogP contribution in [0.1, 0.15) is 10.6 Å². The molecule has 3 aromatic heterocycles. The van der Waals surface area contributed by atoms with Crippen LogP contribution in [0.4, 0.5) is 21.7 Å². The first-order chi connectivity index (χ1) is 14.3. The molecule has 1 N–H and O–H groups in total. The van der Waals surface area contributed by atoms with E-state index in [1.165, 1.54) is 12.0 Å². The smallest absolute Gasteiger partial charge is 0.307 e. The highest BCUT2D eigenvalue weighted by molar-refractivity contribution is 7.18. The summed E-state index contributed by atoms with van der Waals surface area (Å²) in [6, 6.07) is 5.97. The number of thiophene rings is 1. The molecule has 0 bridgehead atoms. The number of hydrogen-bond acceptors (Lipinski definition) is 7. The quantitative estimate of drug-likeness (QED) is 0.351. The molecule has 0 saturated carbocycles. The zero-order chi connectivity index (χ0) is 21.6. The number of aromatic nitrogens is 3. The predicted octanol–water partition coefficient (Wildman–Crippen LogP) is 5.11. The Morgan fingerprint density at radius 1 is 1.30 bits per heavy atom. The summed E-state index contributed by atoms with van der Waals surface area (Å²) in [5.74, 6) is -0.652. The van der Waals surface area contributed by atoms with Gasteiger partial charge in [0.2, 0.25) is 11.8 Å². The van der Waals surface area contributed by atoms with Crippen molar-refractivity contribution in [2.45, 2.75) is 13.8 Å². The normalized spacial score (nSPS) is 11.1. The summed E-state index contributed by atoms with van der Waals surface area (Å²) in [6.45, 7) is 4.09. The topological polar surface area (TPSA) is 95.1 Å². The Morgan fingerprint density at radius 3 is 2.77 bits per heavy atom. The monoisotopic (exact) mass is 427 g/mol. The van der Waals surface area contributed by atoms with Crippen LogP contribution in [-0.4, -0.2) is 26.6 Å². The molecule has 154 valence electrons. The molecule has 10 heteroatoms. The highest BCUT2D eigenvalue weighted by Crippen LogP contribution is 2.38. The van der Waals surface area contributed by atoms with Crippen LogP contribution in [0.5, 0.6) is 5.75 Å². The molecule has 0 fully saturated rings. The summed E-state index contributed by atoms with van der Waals surface area (Å²) in [7, 11) is 3.37. The zero-order valence-electron chi connectivity index (χ0n) is 16.7. The number of anilines is 2. The van der Waals surface area contributed by atoms with Gasteiger partial charge in [0.25, 0.3) is 0 Å². The number of aryl methyl sites for hydroxylation is 2. The molecule has 4 rings (SSSR count). The Hall–Kier alpha value is -3.53. The largest absolute Gasteiger partial charge is 0.494 e. The van der Waals surface area contributed by atoms with E-state index in [9.17, 15) is 14.5 Å².